The molecule has 7 nitrogen and oxygen atoms in total. The molecule has 3 amide bonds. The minimum atomic E-state index is -0.666. The number of rotatable bonds is 7. The van der Waals surface area contributed by atoms with Gasteiger partial charge in [-0.3, -0.25) is 4.79 Å². The lowest BCUT2D eigenvalue weighted by Gasteiger charge is -2.14. The van der Waals surface area contributed by atoms with Crippen molar-refractivity contribution in [3.05, 3.63) is 0 Å². The van der Waals surface area contributed by atoms with E-state index in [9.17, 15) is 9.59 Å². The van der Waals surface area contributed by atoms with Crippen LogP contribution in [0.25, 0.3) is 0 Å². The lowest BCUT2D eigenvalue weighted by molar-refractivity contribution is -0.123. The Kier molecular flexibility index (Phi) is 8.08. The van der Waals surface area contributed by atoms with Gasteiger partial charge in [0.2, 0.25) is 5.91 Å². The van der Waals surface area contributed by atoms with Gasteiger partial charge in [0, 0.05) is 19.0 Å². The molecule has 0 aromatic carbocycles. The van der Waals surface area contributed by atoms with Gasteiger partial charge in [0.15, 0.2) is 0 Å². The molecule has 0 bridgehead atoms. The second kappa shape index (κ2) is 8.77. The third-order valence-corrected chi connectivity index (χ3v) is 2.01. The largest absolute Gasteiger partial charge is 0.394 e. The van der Waals surface area contributed by atoms with Gasteiger partial charge in [0.05, 0.1) is 19.3 Å². The Morgan fingerprint density at radius 2 is 1.59 bits per heavy atom. The molecule has 5 N–H and O–H groups in total. The highest BCUT2D eigenvalue weighted by atomic mass is 16.3. The van der Waals surface area contributed by atoms with E-state index in [1.54, 1.807) is 13.8 Å². The molecule has 0 saturated carbocycles. The van der Waals surface area contributed by atoms with Crippen LogP contribution in [0.4, 0.5) is 4.79 Å². The Morgan fingerprint density at radius 3 is 2.06 bits per heavy atom. The van der Waals surface area contributed by atoms with Crippen LogP contribution in [0, 0.1) is 5.92 Å². The van der Waals surface area contributed by atoms with Crippen LogP contribution in [-0.2, 0) is 4.79 Å². The summed E-state index contributed by atoms with van der Waals surface area (Å²) in [4.78, 5) is 22.3. The average molecular weight is 247 g/mol. The Bertz CT molecular complexity index is 242. The molecule has 0 spiro atoms. The van der Waals surface area contributed by atoms with Crippen molar-refractivity contribution in [1.29, 1.82) is 0 Å². The molecule has 17 heavy (non-hydrogen) atoms. The first kappa shape index (κ1) is 15.7. The first-order chi connectivity index (χ1) is 8.01. The molecule has 0 rings (SSSR count). The van der Waals surface area contributed by atoms with E-state index in [-0.39, 0.29) is 31.6 Å². The van der Waals surface area contributed by atoms with E-state index in [0.717, 1.165) is 0 Å². The Hall–Kier alpha value is -1.34. The predicted octanol–water partition coefficient (Wildman–Crippen LogP) is -1.59. The van der Waals surface area contributed by atoms with Crippen molar-refractivity contribution in [1.82, 2.24) is 16.0 Å². The number of carbonyl (C=O) groups excluding carboxylic acids is 2. The highest BCUT2D eigenvalue weighted by Crippen LogP contribution is 1.88. The number of carbonyl (C=O) groups is 2. The predicted molar refractivity (Wildman–Crippen MR) is 62.3 cm³/mol. The van der Waals surface area contributed by atoms with Crippen LogP contribution in [0.2, 0.25) is 0 Å². The van der Waals surface area contributed by atoms with Crippen LogP contribution >= 0.6 is 0 Å². The lowest BCUT2D eigenvalue weighted by Crippen LogP contribution is -2.47. The van der Waals surface area contributed by atoms with Gasteiger partial charge in [0.1, 0.15) is 0 Å². The van der Waals surface area contributed by atoms with Gasteiger partial charge < -0.3 is 26.2 Å². The van der Waals surface area contributed by atoms with Gasteiger partial charge in [-0.05, 0) is 0 Å². The highest BCUT2D eigenvalue weighted by Gasteiger charge is 2.09. The maximum Gasteiger partial charge on any atom is 0.315 e. The van der Waals surface area contributed by atoms with E-state index in [1.807, 2.05) is 0 Å². The average Bonchev–Trinajstić information content (AvgIpc) is 2.31. The summed E-state index contributed by atoms with van der Waals surface area (Å²) >= 11 is 0. The first-order valence-corrected chi connectivity index (χ1v) is 5.55. The number of hydrogen-bond acceptors (Lipinski definition) is 4. The fourth-order valence-corrected chi connectivity index (χ4v) is 0.951. The molecule has 0 heterocycles. The number of aliphatic hydroxyl groups is 2. The van der Waals surface area contributed by atoms with Crippen molar-refractivity contribution in [2.75, 3.05) is 26.3 Å². The summed E-state index contributed by atoms with van der Waals surface area (Å²) in [5.74, 6) is -0.159. The minimum absolute atomic E-state index is 0.0733. The fourth-order valence-electron chi connectivity index (χ4n) is 0.951. The third kappa shape index (κ3) is 7.53. The zero-order valence-electron chi connectivity index (χ0n) is 10.2. The summed E-state index contributed by atoms with van der Waals surface area (Å²) in [6.45, 7) is 3.54. The van der Waals surface area contributed by atoms with Crippen molar-refractivity contribution in [3.63, 3.8) is 0 Å². The van der Waals surface area contributed by atoms with Gasteiger partial charge in [-0.1, -0.05) is 13.8 Å². The lowest BCUT2D eigenvalue weighted by atomic mass is 10.2. The van der Waals surface area contributed by atoms with Gasteiger partial charge >= 0.3 is 6.03 Å². The molecule has 0 aromatic heterocycles. The van der Waals surface area contributed by atoms with E-state index in [2.05, 4.69) is 16.0 Å². The molecule has 0 aliphatic heterocycles. The topological polar surface area (TPSA) is 111 Å². The summed E-state index contributed by atoms with van der Waals surface area (Å²) < 4.78 is 0. The first-order valence-electron chi connectivity index (χ1n) is 5.55. The maximum absolute atomic E-state index is 11.2. The smallest absolute Gasteiger partial charge is 0.315 e. The van der Waals surface area contributed by atoms with E-state index in [0.29, 0.717) is 6.54 Å². The minimum Gasteiger partial charge on any atom is -0.394 e. The molecule has 7 heteroatoms. The zero-order chi connectivity index (χ0) is 13.3. The van der Waals surface area contributed by atoms with Crippen LogP contribution in [0.1, 0.15) is 13.8 Å². The molecule has 0 unspecified atom stereocenters. The molecule has 0 saturated heterocycles. The molecule has 0 atom stereocenters. The molecule has 0 aromatic rings. The summed E-state index contributed by atoms with van der Waals surface area (Å²) in [6.07, 6.45) is 0. The highest BCUT2D eigenvalue weighted by molar-refractivity contribution is 5.78. The maximum atomic E-state index is 11.2. The quantitative estimate of drug-likeness (QED) is 0.349. The van der Waals surface area contributed by atoms with Crippen LogP contribution in [-0.4, -0.2) is 54.5 Å². The Balaban J connectivity index is 3.61. The summed E-state index contributed by atoms with van der Waals surface area (Å²) in [6, 6.07) is -1.16. The molecule has 0 fully saturated rings. The summed E-state index contributed by atoms with van der Waals surface area (Å²) in [5, 5.41) is 24.9. The normalized spacial score (nSPS) is 10.5. The number of hydrogen-bond donors (Lipinski definition) is 5. The molecule has 100 valence electrons. The molecule has 0 radical (unpaired) electrons. The molecule has 0 aliphatic rings. The number of urea groups is 1. The van der Waals surface area contributed by atoms with Gasteiger partial charge in [-0.15, -0.1) is 0 Å². The second-order valence-electron chi connectivity index (χ2n) is 3.91. The van der Waals surface area contributed by atoms with Crippen molar-refractivity contribution in [2.24, 2.45) is 5.92 Å². The fraction of sp³-hybridized carbons (Fsp3) is 0.800. The number of aliphatic hydroxyl groups excluding tert-OH is 2. The van der Waals surface area contributed by atoms with Crippen molar-refractivity contribution in [3.8, 4) is 0 Å². The molecular weight excluding hydrogens is 226 g/mol. The number of amides is 3. The van der Waals surface area contributed by atoms with Crippen LogP contribution < -0.4 is 16.0 Å². The van der Waals surface area contributed by atoms with Crippen LogP contribution in [0.3, 0.4) is 0 Å². The second-order valence-corrected chi connectivity index (χ2v) is 3.91. The SMILES string of the molecule is CC(C)C(=O)NCCNC(=O)NC(CO)CO. The Morgan fingerprint density at radius 1 is 1.06 bits per heavy atom. The molecule has 0 aliphatic carbocycles. The number of nitrogens with one attached hydrogen (secondary N) is 3. The van der Waals surface area contributed by atoms with Gasteiger partial charge in [0.25, 0.3) is 0 Å². The van der Waals surface area contributed by atoms with Crippen LogP contribution in [0.15, 0.2) is 0 Å². The zero-order valence-corrected chi connectivity index (χ0v) is 10.2. The summed E-state index contributed by atoms with van der Waals surface area (Å²) in [7, 11) is 0. The van der Waals surface area contributed by atoms with E-state index < -0.39 is 12.1 Å². The van der Waals surface area contributed by atoms with E-state index >= 15 is 0 Å². The van der Waals surface area contributed by atoms with Gasteiger partial charge in [-0.2, -0.15) is 0 Å². The standard InChI is InChI=1S/C10H21N3O4/c1-7(2)9(16)11-3-4-12-10(17)13-8(5-14)6-15/h7-8,14-15H,3-6H2,1-2H3,(H,11,16)(H2,12,13,17). The van der Waals surface area contributed by atoms with Gasteiger partial charge in [-0.25, -0.2) is 4.79 Å². The van der Waals surface area contributed by atoms with Crippen LogP contribution in [0.5, 0.6) is 0 Å². The van der Waals surface area contributed by atoms with E-state index in [1.165, 1.54) is 0 Å². The van der Waals surface area contributed by atoms with E-state index in [4.69, 9.17) is 10.2 Å². The van der Waals surface area contributed by atoms with Crippen molar-refractivity contribution >= 4 is 11.9 Å². The Labute approximate surface area is 101 Å². The molecular formula is C10H21N3O4. The van der Waals surface area contributed by atoms with Crippen molar-refractivity contribution < 1.29 is 19.8 Å². The third-order valence-electron chi connectivity index (χ3n) is 2.01. The summed E-state index contributed by atoms with van der Waals surface area (Å²) in [5.41, 5.74) is 0. The van der Waals surface area contributed by atoms with Crippen molar-refractivity contribution in [2.45, 2.75) is 19.9 Å². The monoisotopic (exact) mass is 247 g/mol.